The maximum Gasteiger partial charge on any atom is 0.236 e. The molecule has 0 atom stereocenters. The summed E-state index contributed by atoms with van der Waals surface area (Å²) in [5, 5.41) is 18.8. The standard InChI is InChI=1S/C18H16N6O2S2/c1-2-26-13-5-3-12(4-6-13)17-22-21-14-7-8-16(23-24(14)17)28-11-15(25)20-18-19-9-10-27-18/h3-10H,2,11H2,1H3,(H,19,20,25). The number of benzene rings is 1. The first-order valence-corrected chi connectivity index (χ1v) is 10.4. The van der Waals surface area contributed by atoms with E-state index in [0.29, 0.717) is 28.2 Å². The SMILES string of the molecule is CCOc1ccc(-c2nnc3ccc(SCC(=O)Nc4nccs4)nn23)cc1. The fraction of sp³-hybridized carbons (Fsp3) is 0.167. The van der Waals surface area contributed by atoms with Crippen LogP contribution in [0.25, 0.3) is 17.0 Å². The van der Waals surface area contributed by atoms with E-state index in [0.717, 1.165) is 11.3 Å². The Kier molecular flexibility index (Phi) is 5.49. The summed E-state index contributed by atoms with van der Waals surface area (Å²) in [6, 6.07) is 11.3. The van der Waals surface area contributed by atoms with Crippen LogP contribution in [-0.4, -0.2) is 43.1 Å². The second kappa shape index (κ2) is 8.36. The Morgan fingerprint density at radius 3 is 2.82 bits per heavy atom. The monoisotopic (exact) mass is 412 g/mol. The van der Waals surface area contributed by atoms with Crippen LogP contribution in [0.15, 0.2) is 53.0 Å². The molecular weight excluding hydrogens is 396 g/mol. The maximum absolute atomic E-state index is 12.0. The predicted molar refractivity (Wildman–Crippen MR) is 109 cm³/mol. The lowest BCUT2D eigenvalue weighted by atomic mass is 10.2. The van der Waals surface area contributed by atoms with E-state index in [-0.39, 0.29) is 11.7 Å². The molecule has 3 aromatic heterocycles. The summed E-state index contributed by atoms with van der Waals surface area (Å²) >= 11 is 2.72. The molecule has 0 aliphatic heterocycles. The zero-order valence-electron chi connectivity index (χ0n) is 14.9. The van der Waals surface area contributed by atoms with E-state index in [1.807, 2.05) is 48.7 Å². The molecule has 3 heterocycles. The van der Waals surface area contributed by atoms with Gasteiger partial charge in [-0.1, -0.05) is 11.8 Å². The summed E-state index contributed by atoms with van der Waals surface area (Å²) in [6.45, 7) is 2.56. The smallest absolute Gasteiger partial charge is 0.236 e. The number of ether oxygens (including phenoxy) is 1. The molecule has 0 saturated carbocycles. The van der Waals surface area contributed by atoms with Crippen molar-refractivity contribution in [1.82, 2.24) is 24.8 Å². The molecule has 0 spiro atoms. The van der Waals surface area contributed by atoms with Crippen molar-refractivity contribution in [2.75, 3.05) is 17.7 Å². The normalized spacial score (nSPS) is 10.9. The number of nitrogens with one attached hydrogen (secondary N) is 1. The van der Waals surface area contributed by atoms with Crippen LogP contribution in [0.1, 0.15) is 6.92 Å². The number of fused-ring (bicyclic) bond motifs is 1. The molecule has 0 aliphatic carbocycles. The van der Waals surface area contributed by atoms with E-state index < -0.39 is 0 Å². The number of thiazole rings is 1. The summed E-state index contributed by atoms with van der Waals surface area (Å²) < 4.78 is 7.15. The first-order valence-electron chi connectivity index (χ1n) is 8.51. The molecule has 10 heteroatoms. The quantitative estimate of drug-likeness (QED) is 0.465. The van der Waals surface area contributed by atoms with Gasteiger partial charge in [0.05, 0.1) is 12.4 Å². The van der Waals surface area contributed by atoms with Gasteiger partial charge in [-0.15, -0.1) is 21.5 Å². The number of anilines is 1. The summed E-state index contributed by atoms with van der Waals surface area (Å²) in [4.78, 5) is 16.1. The lowest BCUT2D eigenvalue weighted by Crippen LogP contribution is -2.14. The average molecular weight is 413 g/mol. The van der Waals surface area contributed by atoms with Crippen LogP contribution in [0.3, 0.4) is 0 Å². The average Bonchev–Trinajstić information content (AvgIpc) is 3.37. The highest BCUT2D eigenvalue weighted by Gasteiger charge is 2.12. The number of carbonyl (C=O) groups excluding carboxylic acids is 1. The molecule has 0 aliphatic rings. The second-order valence-electron chi connectivity index (χ2n) is 5.60. The highest BCUT2D eigenvalue weighted by Crippen LogP contribution is 2.23. The molecule has 0 fully saturated rings. The minimum Gasteiger partial charge on any atom is -0.494 e. The zero-order chi connectivity index (χ0) is 19.3. The number of hydrogen-bond donors (Lipinski definition) is 1. The van der Waals surface area contributed by atoms with Crippen LogP contribution in [0.4, 0.5) is 5.13 Å². The van der Waals surface area contributed by atoms with E-state index in [4.69, 9.17) is 4.74 Å². The Bertz CT molecular complexity index is 1080. The topological polar surface area (TPSA) is 94.3 Å². The molecular formula is C18H16N6O2S2. The lowest BCUT2D eigenvalue weighted by molar-refractivity contribution is -0.113. The Morgan fingerprint density at radius 1 is 1.21 bits per heavy atom. The van der Waals surface area contributed by atoms with E-state index in [2.05, 4.69) is 25.6 Å². The number of aromatic nitrogens is 5. The summed E-state index contributed by atoms with van der Waals surface area (Å²) in [6.07, 6.45) is 1.65. The largest absolute Gasteiger partial charge is 0.494 e. The molecule has 1 aromatic carbocycles. The summed E-state index contributed by atoms with van der Waals surface area (Å²) in [5.41, 5.74) is 1.52. The van der Waals surface area contributed by atoms with Crippen LogP contribution >= 0.6 is 23.1 Å². The fourth-order valence-corrected chi connectivity index (χ4v) is 3.68. The minimum atomic E-state index is -0.127. The number of carbonyl (C=O) groups is 1. The van der Waals surface area contributed by atoms with Gasteiger partial charge in [0, 0.05) is 17.1 Å². The van der Waals surface area contributed by atoms with Gasteiger partial charge in [-0.2, -0.15) is 9.61 Å². The maximum atomic E-state index is 12.0. The number of thioether (sulfide) groups is 1. The minimum absolute atomic E-state index is 0.127. The van der Waals surface area contributed by atoms with Crippen molar-refractivity contribution >= 4 is 39.8 Å². The van der Waals surface area contributed by atoms with Gasteiger partial charge in [0.25, 0.3) is 0 Å². The first kappa shape index (κ1) is 18.4. The van der Waals surface area contributed by atoms with Crippen molar-refractivity contribution < 1.29 is 9.53 Å². The summed E-state index contributed by atoms with van der Waals surface area (Å²) in [5.74, 6) is 1.54. The van der Waals surface area contributed by atoms with E-state index in [1.54, 1.807) is 10.7 Å². The molecule has 1 amide bonds. The van der Waals surface area contributed by atoms with Crippen LogP contribution in [0.2, 0.25) is 0 Å². The molecule has 0 radical (unpaired) electrons. The van der Waals surface area contributed by atoms with Gasteiger partial charge >= 0.3 is 0 Å². The van der Waals surface area contributed by atoms with E-state index in [9.17, 15) is 4.79 Å². The molecule has 4 aromatic rings. The van der Waals surface area contributed by atoms with Gasteiger partial charge < -0.3 is 10.1 Å². The lowest BCUT2D eigenvalue weighted by Gasteiger charge is -2.05. The zero-order valence-corrected chi connectivity index (χ0v) is 16.5. The van der Waals surface area contributed by atoms with Crippen LogP contribution in [-0.2, 0) is 4.79 Å². The van der Waals surface area contributed by atoms with Crippen molar-refractivity contribution in [3.8, 4) is 17.1 Å². The molecule has 28 heavy (non-hydrogen) atoms. The molecule has 0 bridgehead atoms. The first-order chi connectivity index (χ1) is 13.7. The van der Waals surface area contributed by atoms with Crippen LogP contribution in [0, 0.1) is 0 Å². The van der Waals surface area contributed by atoms with Gasteiger partial charge in [0.15, 0.2) is 16.6 Å². The third-order valence-electron chi connectivity index (χ3n) is 3.69. The van der Waals surface area contributed by atoms with E-state index in [1.165, 1.54) is 23.1 Å². The van der Waals surface area contributed by atoms with Crippen LogP contribution < -0.4 is 10.1 Å². The van der Waals surface area contributed by atoms with E-state index >= 15 is 0 Å². The van der Waals surface area contributed by atoms with Crippen LogP contribution in [0.5, 0.6) is 5.75 Å². The van der Waals surface area contributed by atoms with Gasteiger partial charge in [-0.3, -0.25) is 4.79 Å². The second-order valence-corrected chi connectivity index (χ2v) is 7.49. The highest BCUT2D eigenvalue weighted by molar-refractivity contribution is 7.99. The number of hydrogen-bond acceptors (Lipinski definition) is 8. The van der Waals surface area contributed by atoms with Gasteiger partial charge in [-0.05, 0) is 43.3 Å². The third-order valence-corrected chi connectivity index (χ3v) is 5.30. The third kappa shape index (κ3) is 4.12. The fourth-order valence-electron chi connectivity index (χ4n) is 2.48. The summed E-state index contributed by atoms with van der Waals surface area (Å²) in [7, 11) is 0. The highest BCUT2D eigenvalue weighted by atomic mass is 32.2. The molecule has 0 saturated heterocycles. The number of rotatable bonds is 7. The molecule has 4 rings (SSSR count). The van der Waals surface area contributed by atoms with Crippen molar-refractivity contribution in [1.29, 1.82) is 0 Å². The molecule has 142 valence electrons. The number of amides is 1. The van der Waals surface area contributed by atoms with Crippen molar-refractivity contribution in [3.63, 3.8) is 0 Å². The Morgan fingerprint density at radius 2 is 2.07 bits per heavy atom. The Hall–Kier alpha value is -2.98. The molecule has 1 N–H and O–H groups in total. The Labute approximate surface area is 169 Å². The molecule has 0 unspecified atom stereocenters. The molecule has 8 nitrogen and oxygen atoms in total. The van der Waals surface area contributed by atoms with Gasteiger partial charge in [0.1, 0.15) is 10.8 Å². The van der Waals surface area contributed by atoms with Crippen molar-refractivity contribution in [2.45, 2.75) is 11.9 Å². The Balaban J connectivity index is 1.50. The van der Waals surface area contributed by atoms with Crippen molar-refractivity contribution in [3.05, 3.63) is 48.0 Å². The predicted octanol–water partition coefficient (Wildman–Crippen LogP) is 3.38. The van der Waals surface area contributed by atoms with Crippen molar-refractivity contribution in [2.24, 2.45) is 0 Å². The number of nitrogens with zero attached hydrogens (tertiary/aromatic N) is 5. The van der Waals surface area contributed by atoms with Gasteiger partial charge in [0.2, 0.25) is 5.91 Å². The van der Waals surface area contributed by atoms with Gasteiger partial charge in [-0.25, -0.2) is 4.98 Å².